The molecule has 0 spiro atoms. The van der Waals surface area contributed by atoms with Crippen LogP contribution in [0.25, 0.3) is 0 Å². The molecule has 0 unspecified atom stereocenters. The number of rotatable bonds is 7. The summed E-state index contributed by atoms with van der Waals surface area (Å²) >= 11 is 0. The molecule has 3 heterocycles. The zero-order valence-electron chi connectivity index (χ0n) is 17.7. The Balaban J connectivity index is 1.91. The molecular formula is C21H31N7. The highest BCUT2D eigenvalue weighted by atomic mass is 15.4. The Bertz CT molecular complexity index is 875. The first kappa shape index (κ1) is 19.9. The monoisotopic (exact) mass is 381 g/mol. The van der Waals surface area contributed by atoms with Gasteiger partial charge in [0.15, 0.2) is 11.6 Å². The zero-order valence-corrected chi connectivity index (χ0v) is 17.7. The van der Waals surface area contributed by atoms with E-state index in [4.69, 9.17) is 9.97 Å². The predicted molar refractivity (Wildman–Crippen MR) is 117 cm³/mol. The number of anilines is 4. The van der Waals surface area contributed by atoms with Gasteiger partial charge in [-0.1, -0.05) is 12.2 Å². The van der Waals surface area contributed by atoms with E-state index >= 15 is 0 Å². The third-order valence-corrected chi connectivity index (χ3v) is 5.10. The Morgan fingerprint density at radius 1 is 1.29 bits per heavy atom. The molecule has 150 valence electrons. The van der Waals surface area contributed by atoms with E-state index in [0.717, 1.165) is 40.8 Å². The summed E-state index contributed by atoms with van der Waals surface area (Å²) in [6, 6.07) is 2.53. The summed E-state index contributed by atoms with van der Waals surface area (Å²) < 4.78 is 0. The van der Waals surface area contributed by atoms with Gasteiger partial charge in [0.1, 0.15) is 5.69 Å². The van der Waals surface area contributed by atoms with Crippen LogP contribution in [0.3, 0.4) is 0 Å². The molecule has 1 atom stereocenters. The van der Waals surface area contributed by atoms with Crippen molar-refractivity contribution in [2.45, 2.75) is 60.2 Å². The summed E-state index contributed by atoms with van der Waals surface area (Å²) in [5.41, 5.74) is 5.38. The molecule has 7 nitrogen and oxygen atoms in total. The van der Waals surface area contributed by atoms with Crippen molar-refractivity contribution in [1.29, 1.82) is 0 Å². The molecule has 2 aromatic rings. The number of nitrogens with zero attached hydrogens (tertiary/aromatic N) is 4. The van der Waals surface area contributed by atoms with E-state index in [9.17, 15) is 0 Å². The van der Waals surface area contributed by atoms with Crippen LogP contribution in [0.2, 0.25) is 0 Å². The van der Waals surface area contributed by atoms with Crippen molar-refractivity contribution in [3.8, 4) is 0 Å². The first-order chi connectivity index (χ1) is 13.3. The molecule has 0 amide bonds. The molecule has 0 saturated carbocycles. The molecule has 1 aliphatic rings. The topological polar surface area (TPSA) is 78.0 Å². The van der Waals surface area contributed by atoms with Gasteiger partial charge in [-0.05, 0) is 58.7 Å². The average molecular weight is 382 g/mol. The number of nitrogens with one attached hydrogen (secondary N) is 3. The maximum absolute atomic E-state index is 4.77. The minimum atomic E-state index is 0.0938. The van der Waals surface area contributed by atoms with Gasteiger partial charge in [0.05, 0.1) is 6.67 Å². The lowest BCUT2D eigenvalue weighted by Crippen LogP contribution is -2.30. The van der Waals surface area contributed by atoms with Gasteiger partial charge in [0.2, 0.25) is 5.95 Å². The van der Waals surface area contributed by atoms with Crippen molar-refractivity contribution in [2.75, 3.05) is 27.5 Å². The van der Waals surface area contributed by atoms with Gasteiger partial charge in [0.25, 0.3) is 0 Å². The van der Waals surface area contributed by atoms with Gasteiger partial charge in [-0.3, -0.25) is 4.98 Å². The fourth-order valence-corrected chi connectivity index (χ4v) is 3.08. The van der Waals surface area contributed by atoms with Crippen molar-refractivity contribution in [2.24, 2.45) is 0 Å². The number of fused-ring (bicyclic) bond motifs is 1. The first-order valence-corrected chi connectivity index (χ1v) is 9.76. The Labute approximate surface area is 167 Å². The van der Waals surface area contributed by atoms with Gasteiger partial charge in [0, 0.05) is 30.5 Å². The standard InChI is InChI=1S/C21H31N7/c1-12(2)16(7)25-21-26-19(18-20(27-21)28(11-24-18)13(3)4)23-10-17-9-22-15(6)8-14(17)5/h8-9,13,16,24H,1,10-11H2,2-7H3,(H2,23,25,26,27)/t16-/m0/s1. The molecule has 0 aliphatic carbocycles. The van der Waals surface area contributed by atoms with Gasteiger partial charge in [-0.25, -0.2) is 0 Å². The molecular weight excluding hydrogens is 350 g/mol. The smallest absolute Gasteiger partial charge is 0.227 e. The van der Waals surface area contributed by atoms with Gasteiger partial charge in [-0.2, -0.15) is 9.97 Å². The summed E-state index contributed by atoms with van der Waals surface area (Å²) in [4.78, 5) is 16.2. The quantitative estimate of drug-likeness (QED) is 0.624. The van der Waals surface area contributed by atoms with Crippen LogP contribution in [0.15, 0.2) is 24.4 Å². The normalized spacial score (nSPS) is 13.9. The van der Waals surface area contributed by atoms with Crippen molar-refractivity contribution in [1.82, 2.24) is 15.0 Å². The highest BCUT2D eigenvalue weighted by molar-refractivity contribution is 5.83. The SMILES string of the molecule is C=C(C)[C@H](C)Nc1nc(NCc2cnc(C)cc2C)c2c(n1)N(C(C)C)CN2. The molecule has 7 heteroatoms. The minimum Gasteiger partial charge on any atom is -0.364 e. The molecule has 28 heavy (non-hydrogen) atoms. The van der Waals surface area contributed by atoms with E-state index in [1.54, 1.807) is 0 Å². The van der Waals surface area contributed by atoms with Crippen molar-refractivity contribution in [3.05, 3.63) is 41.2 Å². The second-order valence-electron chi connectivity index (χ2n) is 7.81. The first-order valence-electron chi connectivity index (χ1n) is 9.76. The maximum Gasteiger partial charge on any atom is 0.227 e. The summed E-state index contributed by atoms with van der Waals surface area (Å²) in [5, 5.41) is 10.3. The molecule has 0 bridgehead atoms. The highest BCUT2D eigenvalue weighted by Crippen LogP contribution is 2.37. The number of aryl methyl sites for hydroxylation is 2. The number of aromatic nitrogens is 3. The van der Waals surface area contributed by atoms with Crippen LogP contribution in [-0.4, -0.2) is 33.7 Å². The Hall–Kier alpha value is -2.83. The van der Waals surface area contributed by atoms with E-state index in [-0.39, 0.29) is 6.04 Å². The van der Waals surface area contributed by atoms with E-state index in [1.807, 2.05) is 20.0 Å². The lowest BCUT2D eigenvalue weighted by atomic mass is 10.1. The Kier molecular flexibility index (Phi) is 5.72. The predicted octanol–water partition coefficient (Wildman–Crippen LogP) is 4.07. The molecule has 0 saturated heterocycles. The highest BCUT2D eigenvalue weighted by Gasteiger charge is 2.27. The van der Waals surface area contributed by atoms with Crippen molar-refractivity contribution >= 4 is 23.3 Å². The van der Waals surface area contributed by atoms with E-state index in [0.29, 0.717) is 18.5 Å². The summed E-state index contributed by atoms with van der Waals surface area (Å²) in [6.45, 7) is 17.9. The lowest BCUT2D eigenvalue weighted by molar-refractivity contribution is 0.717. The van der Waals surface area contributed by atoms with Crippen LogP contribution in [0.5, 0.6) is 0 Å². The molecule has 2 aromatic heterocycles. The third-order valence-electron chi connectivity index (χ3n) is 5.10. The number of pyridine rings is 1. The van der Waals surface area contributed by atoms with Crippen LogP contribution in [0.1, 0.15) is 44.5 Å². The van der Waals surface area contributed by atoms with Crippen molar-refractivity contribution < 1.29 is 0 Å². The lowest BCUT2D eigenvalue weighted by Gasteiger charge is -2.22. The van der Waals surface area contributed by atoms with Gasteiger partial charge < -0.3 is 20.9 Å². The maximum atomic E-state index is 4.77. The molecule has 3 rings (SSSR count). The average Bonchev–Trinajstić information content (AvgIpc) is 3.05. The molecule has 0 radical (unpaired) electrons. The molecule has 1 aliphatic heterocycles. The second-order valence-corrected chi connectivity index (χ2v) is 7.81. The van der Waals surface area contributed by atoms with E-state index in [2.05, 4.69) is 66.2 Å². The van der Waals surface area contributed by atoms with Crippen molar-refractivity contribution in [3.63, 3.8) is 0 Å². The second kappa shape index (κ2) is 8.04. The fourth-order valence-electron chi connectivity index (χ4n) is 3.08. The summed E-state index contributed by atoms with van der Waals surface area (Å²) in [5.74, 6) is 2.32. The van der Waals surface area contributed by atoms with Crippen LogP contribution in [0, 0.1) is 13.8 Å². The Morgan fingerprint density at radius 3 is 2.68 bits per heavy atom. The molecule has 0 fully saturated rings. The minimum absolute atomic E-state index is 0.0938. The number of hydrogen-bond acceptors (Lipinski definition) is 7. The van der Waals surface area contributed by atoms with Crippen LogP contribution in [0.4, 0.5) is 23.3 Å². The van der Waals surface area contributed by atoms with Gasteiger partial charge in [-0.15, -0.1) is 0 Å². The van der Waals surface area contributed by atoms with Crippen LogP contribution < -0.4 is 20.9 Å². The van der Waals surface area contributed by atoms with E-state index < -0.39 is 0 Å². The third kappa shape index (κ3) is 4.18. The fraction of sp³-hybridized carbons (Fsp3) is 0.476. The number of hydrogen-bond donors (Lipinski definition) is 3. The summed E-state index contributed by atoms with van der Waals surface area (Å²) in [6.07, 6.45) is 1.93. The van der Waals surface area contributed by atoms with Gasteiger partial charge >= 0.3 is 0 Å². The van der Waals surface area contributed by atoms with Crippen LogP contribution >= 0.6 is 0 Å². The van der Waals surface area contributed by atoms with E-state index in [1.165, 1.54) is 5.56 Å². The zero-order chi connectivity index (χ0) is 20.4. The summed E-state index contributed by atoms with van der Waals surface area (Å²) in [7, 11) is 0. The molecule has 0 aromatic carbocycles. The molecule has 3 N–H and O–H groups in total. The van der Waals surface area contributed by atoms with Crippen LogP contribution in [-0.2, 0) is 6.54 Å². The largest absolute Gasteiger partial charge is 0.364 e. The Morgan fingerprint density at radius 2 is 2.04 bits per heavy atom.